The molecule has 4 rings (SSSR count). The second kappa shape index (κ2) is 9.87. The summed E-state index contributed by atoms with van der Waals surface area (Å²) in [6, 6.07) is 12.9. The number of carbonyl (C=O) groups is 1. The third-order valence-corrected chi connectivity index (χ3v) is 5.98. The predicted octanol–water partition coefficient (Wildman–Crippen LogP) is 4.76. The van der Waals surface area contributed by atoms with Crippen molar-refractivity contribution in [3.63, 3.8) is 0 Å². The number of urea groups is 1. The highest BCUT2D eigenvalue weighted by Crippen LogP contribution is 2.31. The number of benzene rings is 1. The molecule has 0 fully saturated rings. The first-order chi connectivity index (χ1) is 16.3. The van der Waals surface area contributed by atoms with Gasteiger partial charge in [0.15, 0.2) is 11.0 Å². The largest absolute Gasteiger partial charge is 0.361 e. The summed E-state index contributed by atoms with van der Waals surface area (Å²) in [6.45, 7) is 3.92. The van der Waals surface area contributed by atoms with Gasteiger partial charge in [0.2, 0.25) is 0 Å². The van der Waals surface area contributed by atoms with Crippen molar-refractivity contribution in [2.75, 3.05) is 34.9 Å². The molecule has 1 aromatic carbocycles. The number of hydrogen-bond donors (Lipinski definition) is 4. The molecule has 0 aliphatic rings. The van der Waals surface area contributed by atoms with Gasteiger partial charge < -0.3 is 20.1 Å². The van der Waals surface area contributed by atoms with Crippen LogP contribution in [0, 0.1) is 13.8 Å². The topological polar surface area (TPSA) is 116 Å². The third kappa shape index (κ3) is 5.67. The molecular formula is C23H27N9OS. The molecule has 0 saturated carbocycles. The molecular weight excluding hydrogens is 450 g/mol. The molecule has 0 aliphatic carbocycles. The smallest absolute Gasteiger partial charge is 0.324 e. The zero-order chi connectivity index (χ0) is 24.2. The molecule has 4 N–H and O–H groups in total. The average Bonchev–Trinajstić information content (AvgIpc) is 3.39. The number of aryl methyl sites for hydroxylation is 3. The van der Waals surface area contributed by atoms with Crippen LogP contribution >= 0.6 is 11.8 Å². The number of H-pyrrole nitrogens is 1. The summed E-state index contributed by atoms with van der Waals surface area (Å²) in [5.41, 5.74) is 2.56. The van der Waals surface area contributed by atoms with E-state index in [0.29, 0.717) is 16.7 Å². The van der Waals surface area contributed by atoms with Gasteiger partial charge in [-0.2, -0.15) is 5.10 Å². The third-order valence-electron chi connectivity index (χ3n) is 4.94. The fraction of sp³-hybridized carbons (Fsp3) is 0.217. The number of amides is 2. The number of nitrogens with one attached hydrogen (secondary N) is 4. The van der Waals surface area contributed by atoms with E-state index < -0.39 is 0 Å². The van der Waals surface area contributed by atoms with Crippen molar-refractivity contribution in [1.82, 2.24) is 24.7 Å². The van der Waals surface area contributed by atoms with E-state index in [1.54, 1.807) is 0 Å². The lowest BCUT2D eigenvalue weighted by atomic mass is 10.2. The van der Waals surface area contributed by atoms with E-state index in [-0.39, 0.29) is 6.03 Å². The maximum Gasteiger partial charge on any atom is 0.324 e. The van der Waals surface area contributed by atoms with Crippen LogP contribution in [0.5, 0.6) is 0 Å². The van der Waals surface area contributed by atoms with Gasteiger partial charge in [-0.1, -0.05) is 0 Å². The molecule has 3 heterocycles. The van der Waals surface area contributed by atoms with Crippen LogP contribution in [0.25, 0.3) is 0 Å². The minimum atomic E-state index is -0.296. The molecule has 2 amide bonds. The molecule has 0 bridgehead atoms. The van der Waals surface area contributed by atoms with Crippen molar-refractivity contribution in [3.05, 3.63) is 59.9 Å². The lowest BCUT2D eigenvalue weighted by Crippen LogP contribution is -2.20. The Balaban J connectivity index is 1.43. The Labute approximate surface area is 202 Å². The molecule has 0 aliphatic heterocycles. The minimum Gasteiger partial charge on any atom is -0.361 e. The summed E-state index contributed by atoms with van der Waals surface area (Å²) in [5, 5.41) is 16.8. The number of rotatable bonds is 7. The second-order valence-corrected chi connectivity index (χ2v) is 9.01. The normalized spacial score (nSPS) is 10.7. The van der Waals surface area contributed by atoms with E-state index >= 15 is 0 Å². The van der Waals surface area contributed by atoms with E-state index in [2.05, 4.69) is 36.1 Å². The zero-order valence-corrected chi connectivity index (χ0v) is 20.5. The number of carbonyl (C=O) groups excluding carboxylic acids is 1. The summed E-state index contributed by atoms with van der Waals surface area (Å²) < 4.78 is 1.84. The van der Waals surface area contributed by atoms with Crippen LogP contribution in [0.2, 0.25) is 0 Å². The number of hydrogen-bond acceptors (Lipinski definition) is 7. The van der Waals surface area contributed by atoms with Crippen molar-refractivity contribution in [2.45, 2.75) is 23.9 Å². The lowest BCUT2D eigenvalue weighted by Gasteiger charge is -2.11. The molecule has 4 aromatic rings. The number of anilines is 5. The van der Waals surface area contributed by atoms with Crippen molar-refractivity contribution in [2.24, 2.45) is 7.05 Å². The van der Waals surface area contributed by atoms with E-state index in [1.165, 1.54) is 11.8 Å². The van der Waals surface area contributed by atoms with Gasteiger partial charge in [-0.3, -0.25) is 10.4 Å². The first-order valence-corrected chi connectivity index (χ1v) is 11.4. The molecule has 11 heteroatoms. The average molecular weight is 478 g/mol. The van der Waals surface area contributed by atoms with Crippen molar-refractivity contribution < 1.29 is 4.79 Å². The van der Waals surface area contributed by atoms with Gasteiger partial charge in [0, 0.05) is 55.7 Å². The highest BCUT2D eigenvalue weighted by molar-refractivity contribution is 7.99. The fourth-order valence-electron chi connectivity index (χ4n) is 3.20. The van der Waals surface area contributed by atoms with Crippen molar-refractivity contribution in [3.8, 4) is 0 Å². The quantitative estimate of drug-likeness (QED) is 0.284. The molecule has 0 spiro atoms. The first kappa shape index (κ1) is 23.2. The molecule has 10 nitrogen and oxygen atoms in total. The highest BCUT2D eigenvalue weighted by atomic mass is 32.2. The molecule has 3 aromatic heterocycles. The molecule has 176 valence electrons. The van der Waals surface area contributed by atoms with Crippen LogP contribution in [-0.2, 0) is 7.05 Å². The van der Waals surface area contributed by atoms with E-state index in [9.17, 15) is 4.79 Å². The summed E-state index contributed by atoms with van der Waals surface area (Å²) in [6.07, 6.45) is 1.87. The Morgan fingerprint density at radius 3 is 2.59 bits per heavy atom. The van der Waals surface area contributed by atoms with E-state index in [0.717, 1.165) is 33.6 Å². The van der Waals surface area contributed by atoms with Crippen LogP contribution < -0.4 is 20.9 Å². The lowest BCUT2D eigenvalue weighted by molar-refractivity contribution is 0.262. The summed E-state index contributed by atoms with van der Waals surface area (Å²) in [4.78, 5) is 24.4. The highest BCUT2D eigenvalue weighted by Gasteiger charge is 2.11. The maximum absolute atomic E-state index is 12.3. The van der Waals surface area contributed by atoms with Crippen molar-refractivity contribution in [1.29, 1.82) is 0 Å². The zero-order valence-electron chi connectivity index (χ0n) is 19.7. The monoisotopic (exact) mass is 477 g/mol. The van der Waals surface area contributed by atoms with Gasteiger partial charge >= 0.3 is 6.03 Å². The SMILES string of the molecule is Cc1cc(Nc2cc(N(C)C)n[nH]2)nc(Sc2ccc(NC(=O)Nc3cccn3C)cc2C)n1. The molecule has 34 heavy (non-hydrogen) atoms. The minimum absolute atomic E-state index is 0.296. The van der Waals surface area contributed by atoms with Crippen LogP contribution in [0.15, 0.2) is 58.7 Å². The molecule has 0 radical (unpaired) electrons. The second-order valence-electron chi connectivity index (χ2n) is 8.00. The van der Waals surface area contributed by atoms with Gasteiger partial charge in [-0.25, -0.2) is 14.8 Å². The number of aromatic amines is 1. The Morgan fingerprint density at radius 2 is 1.91 bits per heavy atom. The molecule has 0 unspecified atom stereocenters. The van der Waals surface area contributed by atoms with Crippen LogP contribution in [-0.4, -0.2) is 44.9 Å². The number of aromatic nitrogens is 5. The Bertz CT molecular complexity index is 1310. The van der Waals surface area contributed by atoms with E-state index in [4.69, 9.17) is 0 Å². The van der Waals surface area contributed by atoms with Crippen LogP contribution in [0.3, 0.4) is 0 Å². The maximum atomic E-state index is 12.3. The standard InChI is InChI=1S/C23H27N9OS/c1-14-11-16(25-22(33)28-20-7-6-10-32(20)5)8-9-17(14)34-23-24-15(2)12-18(27-23)26-19-13-21(30-29-19)31(3)4/h6-13H,1-5H3,(H2,25,28,33)(H2,24,26,27,29,30). The summed E-state index contributed by atoms with van der Waals surface area (Å²) in [7, 11) is 5.74. The van der Waals surface area contributed by atoms with Gasteiger partial charge in [-0.15, -0.1) is 0 Å². The Kier molecular flexibility index (Phi) is 6.73. The van der Waals surface area contributed by atoms with Crippen molar-refractivity contribution >= 4 is 46.8 Å². The Hall–Kier alpha value is -3.99. The predicted molar refractivity (Wildman–Crippen MR) is 136 cm³/mol. The summed E-state index contributed by atoms with van der Waals surface area (Å²) in [5.74, 6) is 2.97. The number of nitrogens with zero attached hydrogens (tertiary/aromatic N) is 5. The fourth-order valence-corrected chi connectivity index (χ4v) is 4.09. The van der Waals surface area contributed by atoms with Crippen LogP contribution in [0.4, 0.5) is 33.8 Å². The van der Waals surface area contributed by atoms with Crippen LogP contribution in [0.1, 0.15) is 11.3 Å². The van der Waals surface area contributed by atoms with Gasteiger partial charge in [0.25, 0.3) is 0 Å². The first-order valence-electron chi connectivity index (χ1n) is 10.6. The Morgan fingerprint density at radius 1 is 1.09 bits per heavy atom. The van der Waals surface area contributed by atoms with Gasteiger partial charge in [0.05, 0.1) is 0 Å². The van der Waals surface area contributed by atoms with E-state index in [1.807, 2.05) is 93.1 Å². The van der Waals surface area contributed by atoms with Gasteiger partial charge in [0.1, 0.15) is 17.5 Å². The summed E-state index contributed by atoms with van der Waals surface area (Å²) >= 11 is 1.47. The molecule has 0 atom stereocenters. The van der Waals surface area contributed by atoms with Gasteiger partial charge in [-0.05, 0) is 61.5 Å². The molecule has 0 saturated heterocycles.